The van der Waals surface area contributed by atoms with E-state index in [1.54, 1.807) is 11.3 Å². The molecule has 0 bridgehead atoms. The molecular formula is C22H29N3S. The molecule has 4 heteroatoms. The van der Waals surface area contributed by atoms with Gasteiger partial charge in [-0.25, -0.2) is 4.98 Å². The van der Waals surface area contributed by atoms with E-state index in [4.69, 9.17) is 4.98 Å². The molecule has 26 heavy (non-hydrogen) atoms. The number of nitrogens with zero attached hydrogens (tertiary/aromatic N) is 2. The highest BCUT2D eigenvalue weighted by Gasteiger charge is 2.14. The molecule has 3 nitrogen and oxygen atoms in total. The van der Waals surface area contributed by atoms with Gasteiger partial charge in [0.1, 0.15) is 0 Å². The van der Waals surface area contributed by atoms with E-state index in [1.165, 1.54) is 32.8 Å². The lowest BCUT2D eigenvalue weighted by molar-refractivity contribution is 0.748. The number of aromatic nitrogens is 1. The molecule has 138 valence electrons. The van der Waals surface area contributed by atoms with Gasteiger partial charge in [0.25, 0.3) is 0 Å². The fraction of sp³-hybridized carbons (Fsp3) is 0.409. The highest BCUT2D eigenvalue weighted by molar-refractivity contribution is 7.22. The molecule has 0 saturated carbocycles. The van der Waals surface area contributed by atoms with Crippen LogP contribution in [0.4, 0.5) is 16.5 Å². The number of thiazole rings is 1. The maximum atomic E-state index is 4.86. The zero-order valence-corrected chi connectivity index (χ0v) is 17.3. The Morgan fingerprint density at radius 2 is 1.65 bits per heavy atom. The highest BCUT2D eigenvalue weighted by Crippen LogP contribution is 2.36. The van der Waals surface area contributed by atoms with Crippen LogP contribution in [0, 0.1) is 20.8 Å². The third-order valence-corrected chi connectivity index (χ3v) is 5.64. The van der Waals surface area contributed by atoms with Gasteiger partial charge in [-0.05, 0) is 56.9 Å². The topological polar surface area (TPSA) is 28.2 Å². The number of rotatable bonds is 7. The first kappa shape index (κ1) is 18.7. The number of fused-ring (bicyclic) bond motifs is 1. The van der Waals surface area contributed by atoms with Crippen LogP contribution in [0.15, 0.2) is 30.3 Å². The summed E-state index contributed by atoms with van der Waals surface area (Å²) in [6.07, 6.45) is 2.31. The molecular weight excluding hydrogens is 338 g/mol. The van der Waals surface area contributed by atoms with Gasteiger partial charge in [-0.2, -0.15) is 0 Å². The van der Waals surface area contributed by atoms with Gasteiger partial charge in [0, 0.05) is 18.8 Å². The second-order valence-electron chi connectivity index (χ2n) is 7.03. The average molecular weight is 368 g/mol. The maximum Gasteiger partial charge on any atom is 0.188 e. The number of aryl methyl sites for hydroxylation is 3. The average Bonchev–Trinajstić information content (AvgIpc) is 3.00. The predicted molar refractivity (Wildman–Crippen MR) is 116 cm³/mol. The molecule has 1 N–H and O–H groups in total. The smallest absolute Gasteiger partial charge is 0.188 e. The van der Waals surface area contributed by atoms with Crippen LogP contribution in [0.1, 0.15) is 43.4 Å². The molecule has 0 fully saturated rings. The van der Waals surface area contributed by atoms with Crippen molar-refractivity contribution in [3.05, 3.63) is 47.0 Å². The van der Waals surface area contributed by atoms with Crippen LogP contribution in [0.25, 0.3) is 10.2 Å². The Kier molecular flexibility index (Phi) is 5.82. The zero-order chi connectivity index (χ0) is 18.7. The van der Waals surface area contributed by atoms with Crippen LogP contribution in [0.5, 0.6) is 0 Å². The fourth-order valence-electron chi connectivity index (χ4n) is 3.61. The SMILES string of the molecule is CCCN(CCC)c1cccc2nc(Nc3c(C)cc(C)cc3C)sc12. The van der Waals surface area contributed by atoms with Crippen molar-refractivity contribution in [1.82, 2.24) is 4.98 Å². The third-order valence-electron chi connectivity index (χ3n) is 4.63. The Hall–Kier alpha value is -2.07. The summed E-state index contributed by atoms with van der Waals surface area (Å²) in [5.41, 5.74) is 7.40. The van der Waals surface area contributed by atoms with E-state index in [9.17, 15) is 0 Å². The number of hydrogen-bond donors (Lipinski definition) is 1. The largest absolute Gasteiger partial charge is 0.370 e. The first-order valence-corrected chi connectivity index (χ1v) is 10.3. The van der Waals surface area contributed by atoms with E-state index in [-0.39, 0.29) is 0 Å². The van der Waals surface area contributed by atoms with Crippen molar-refractivity contribution >= 4 is 38.1 Å². The van der Waals surface area contributed by atoms with Crippen LogP contribution in [0.2, 0.25) is 0 Å². The summed E-state index contributed by atoms with van der Waals surface area (Å²) in [6, 6.07) is 10.9. The molecule has 0 aliphatic heterocycles. The van der Waals surface area contributed by atoms with Crippen molar-refractivity contribution in [2.75, 3.05) is 23.3 Å². The van der Waals surface area contributed by atoms with Crippen molar-refractivity contribution in [2.45, 2.75) is 47.5 Å². The predicted octanol–water partition coefficient (Wildman–Crippen LogP) is 6.59. The molecule has 0 aliphatic carbocycles. The van der Waals surface area contributed by atoms with E-state index in [0.717, 1.165) is 36.6 Å². The Balaban J connectivity index is 1.98. The standard InChI is InChI=1S/C22H29N3S/c1-6-11-25(12-7-2)19-10-8-9-18-21(19)26-22(23-18)24-20-16(4)13-15(3)14-17(20)5/h8-10,13-14H,6-7,11-12H2,1-5H3,(H,23,24). The van der Waals surface area contributed by atoms with Crippen molar-refractivity contribution < 1.29 is 0 Å². The summed E-state index contributed by atoms with van der Waals surface area (Å²) in [7, 11) is 0. The lowest BCUT2D eigenvalue weighted by Crippen LogP contribution is -2.24. The van der Waals surface area contributed by atoms with Gasteiger partial charge >= 0.3 is 0 Å². The Labute approximate surface area is 161 Å². The molecule has 0 unspecified atom stereocenters. The molecule has 3 aromatic rings. The van der Waals surface area contributed by atoms with Gasteiger partial charge in [0.2, 0.25) is 0 Å². The molecule has 0 saturated heterocycles. The van der Waals surface area contributed by atoms with Crippen molar-refractivity contribution in [1.29, 1.82) is 0 Å². The van der Waals surface area contributed by atoms with Gasteiger partial charge < -0.3 is 10.2 Å². The summed E-state index contributed by atoms with van der Waals surface area (Å²) in [5, 5.41) is 4.54. The maximum absolute atomic E-state index is 4.86. The molecule has 1 heterocycles. The molecule has 0 amide bonds. The minimum atomic E-state index is 0.968. The second-order valence-corrected chi connectivity index (χ2v) is 8.03. The third kappa shape index (κ3) is 3.85. The van der Waals surface area contributed by atoms with Crippen molar-refractivity contribution in [2.24, 2.45) is 0 Å². The minimum absolute atomic E-state index is 0.968. The monoisotopic (exact) mass is 367 g/mol. The second kappa shape index (κ2) is 8.09. The first-order valence-electron chi connectivity index (χ1n) is 9.52. The number of nitrogens with one attached hydrogen (secondary N) is 1. The molecule has 0 radical (unpaired) electrons. The Morgan fingerprint density at radius 1 is 1.00 bits per heavy atom. The van der Waals surface area contributed by atoms with E-state index in [0.29, 0.717) is 0 Å². The van der Waals surface area contributed by atoms with Gasteiger partial charge in [-0.3, -0.25) is 0 Å². The normalized spacial score (nSPS) is 11.1. The quantitative estimate of drug-likeness (QED) is 0.510. The van der Waals surface area contributed by atoms with Gasteiger partial charge in [-0.1, -0.05) is 48.9 Å². The first-order chi connectivity index (χ1) is 12.5. The summed E-state index contributed by atoms with van der Waals surface area (Å²) in [4.78, 5) is 7.35. The van der Waals surface area contributed by atoms with Crippen LogP contribution in [-0.2, 0) is 0 Å². The van der Waals surface area contributed by atoms with Gasteiger partial charge in [0.05, 0.1) is 15.9 Å². The van der Waals surface area contributed by atoms with Gasteiger partial charge in [0.15, 0.2) is 5.13 Å². The molecule has 0 atom stereocenters. The lowest BCUT2D eigenvalue weighted by Gasteiger charge is -2.24. The fourth-order valence-corrected chi connectivity index (χ4v) is 4.62. The van der Waals surface area contributed by atoms with Crippen LogP contribution < -0.4 is 10.2 Å². The summed E-state index contributed by atoms with van der Waals surface area (Å²) in [6.45, 7) is 13.1. The van der Waals surface area contributed by atoms with Crippen molar-refractivity contribution in [3.63, 3.8) is 0 Å². The van der Waals surface area contributed by atoms with Crippen LogP contribution in [0.3, 0.4) is 0 Å². The molecule has 0 aliphatic rings. The zero-order valence-electron chi connectivity index (χ0n) is 16.5. The van der Waals surface area contributed by atoms with Crippen LogP contribution >= 0.6 is 11.3 Å². The summed E-state index contributed by atoms with van der Waals surface area (Å²) < 4.78 is 1.28. The number of hydrogen-bond acceptors (Lipinski definition) is 4. The highest BCUT2D eigenvalue weighted by atomic mass is 32.1. The molecule has 2 aromatic carbocycles. The van der Waals surface area contributed by atoms with E-state index in [2.05, 4.69) is 75.2 Å². The molecule has 1 aromatic heterocycles. The van der Waals surface area contributed by atoms with E-state index in [1.807, 2.05) is 0 Å². The van der Waals surface area contributed by atoms with Crippen molar-refractivity contribution in [3.8, 4) is 0 Å². The minimum Gasteiger partial charge on any atom is -0.370 e. The molecule has 3 rings (SSSR count). The molecule has 0 spiro atoms. The van der Waals surface area contributed by atoms with Crippen LogP contribution in [-0.4, -0.2) is 18.1 Å². The van der Waals surface area contributed by atoms with E-state index >= 15 is 0 Å². The summed E-state index contributed by atoms with van der Waals surface area (Å²) >= 11 is 1.76. The number of benzene rings is 2. The number of anilines is 3. The lowest BCUT2D eigenvalue weighted by atomic mass is 10.1. The Bertz CT molecular complexity index is 869. The van der Waals surface area contributed by atoms with E-state index < -0.39 is 0 Å². The summed E-state index contributed by atoms with van der Waals surface area (Å²) in [5.74, 6) is 0. The van der Waals surface area contributed by atoms with Gasteiger partial charge in [-0.15, -0.1) is 0 Å². The Morgan fingerprint density at radius 3 is 2.27 bits per heavy atom.